The Hall–Kier alpha value is 0.280. The second kappa shape index (κ2) is 4.15. The van der Waals surface area contributed by atoms with Crippen molar-refractivity contribution in [1.29, 1.82) is 0 Å². The molecule has 0 rings (SSSR count). The van der Waals surface area contributed by atoms with Crippen LogP contribution in [-0.2, 0) is 0 Å². The molecule has 0 spiro atoms. The van der Waals surface area contributed by atoms with Gasteiger partial charge in [-0.2, -0.15) is 0 Å². The van der Waals surface area contributed by atoms with Crippen molar-refractivity contribution in [2.45, 2.75) is 17.9 Å². The van der Waals surface area contributed by atoms with Crippen molar-refractivity contribution in [3.05, 3.63) is 12.7 Å². The molecular weight excluding hydrogens is 159 g/mol. The lowest BCUT2D eigenvalue weighted by atomic mass is 10.1. The molecule has 0 saturated carbocycles. The van der Waals surface area contributed by atoms with Crippen LogP contribution in [0.3, 0.4) is 0 Å². The molecule has 1 nitrogen and oxygen atoms in total. The van der Waals surface area contributed by atoms with E-state index in [1.807, 2.05) is 0 Å². The van der Waals surface area contributed by atoms with Gasteiger partial charge in [0.2, 0.25) is 0 Å². The van der Waals surface area contributed by atoms with Crippen LogP contribution >= 0.6 is 23.2 Å². The molecule has 0 radical (unpaired) electrons. The van der Waals surface area contributed by atoms with Gasteiger partial charge < -0.3 is 5.11 Å². The van der Waals surface area contributed by atoms with Crippen LogP contribution in [0.25, 0.3) is 0 Å². The van der Waals surface area contributed by atoms with Crippen molar-refractivity contribution < 1.29 is 5.11 Å². The van der Waals surface area contributed by atoms with Crippen LogP contribution in [0.1, 0.15) is 6.92 Å². The number of aliphatic hydroxyl groups excluding tert-OH is 1. The van der Waals surface area contributed by atoms with E-state index in [1.165, 1.54) is 0 Å². The maximum Gasteiger partial charge on any atom is 0.134 e. The predicted octanol–water partition coefficient (Wildman–Crippen LogP) is 1.97. The Labute approximate surface area is 65.3 Å². The molecule has 0 aliphatic carbocycles. The predicted molar refractivity (Wildman–Crippen MR) is 40.9 cm³/mol. The Morgan fingerprint density at radius 3 is 2.11 bits per heavy atom. The SMILES string of the molecule is C=CC(C)C(O)C(Cl)Cl. The monoisotopic (exact) mass is 168 g/mol. The molecule has 0 aromatic rings. The zero-order chi connectivity index (χ0) is 7.44. The van der Waals surface area contributed by atoms with E-state index in [0.29, 0.717) is 0 Å². The van der Waals surface area contributed by atoms with Gasteiger partial charge in [-0.05, 0) is 0 Å². The molecule has 2 unspecified atom stereocenters. The van der Waals surface area contributed by atoms with Crippen LogP contribution < -0.4 is 0 Å². The van der Waals surface area contributed by atoms with E-state index in [9.17, 15) is 0 Å². The molecule has 2 atom stereocenters. The second-order valence-electron chi connectivity index (χ2n) is 1.92. The lowest BCUT2D eigenvalue weighted by Crippen LogP contribution is -2.22. The van der Waals surface area contributed by atoms with E-state index < -0.39 is 10.9 Å². The van der Waals surface area contributed by atoms with Gasteiger partial charge >= 0.3 is 0 Å². The number of hydrogen-bond donors (Lipinski definition) is 1. The highest BCUT2D eigenvalue weighted by Crippen LogP contribution is 2.15. The first-order valence-corrected chi connectivity index (χ1v) is 3.55. The Morgan fingerprint density at radius 2 is 2.00 bits per heavy atom. The normalized spacial score (nSPS) is 17.4. The summed E-state index contributed by atoms with van der Waals surface area (Å²) in [5.74, 6) is -0.0509. The molecule has 0 aliphatic heterocycles. The molecule has 0 aromatic heterocycles. The van der Waals surface area contributed by atoms with Crippen LogP contribution in [0, 0.1) is 5.92 Å². The third-order valence-electron chi connectivity index (χ3n) is 1.17. The summed E-state index contributed by atoms with van der Waals surface area (Å²) in [4.78, 5) is -0.724. The maximum atomic E-state index is 9.06. The van der Waals surface area contributed by atoms with Crippen LogP contribution in [0.4, 0.5) is 0 Å². The Morgan fingerprint density at radius 1 is 1.56 bits per heavy atom. The number of rotatable bonds is 3. The van der Waals surface area contributed by atoms with Gasteiger partial charge in [-0.25, -0.2) is 0 Å². The summed E-state index contributed by atoms with van der Waals surface area (Å²) in [5, 5.41) is 9.06. The smallest absolute Gasteiger partial charge is 0.134 e. The average Bonchev–Trinajstić information content (AvgIpc) is 1.84. The molecule has 0 bridgehead atoms. The van der Waals surface area contributed by atoms with Gasteiger partial charge in [0.1, 0.15) is 4.84 Å². The van der Waals surface area contributed by atoms with Crippen LogP contribution in [0.15, 0.2) is 12.7 Å². The van der Waals surface area contributed by atoms with Crippen LogP contribution in [-0.4, -0.2) is 16.0 Å². The molecule has 0 aliphatic rings. The standard InChI is InChI=1S/C6H10Cl2O/c1-3-4(2)5(9)6(7)8/h3-6,9H,1H2,2H3. The Bertz CT molecular complexity index is 93.1. The largest absolute Gasteiger partial charge is 0.390 e. The van der Waals surface area contributed by atoms with E-state index >= 15 is 0 Å². The number of aliphatic hydroxyl groups is 1. The van der Waals surface area contributed by atoms with Crippen molar-refractivity contribution in [2.24, 2.45) is 5.92 Å². The molecule has 0 amide bonds. The summed E-state index contributed by atoms with van der Waals surface area (Å²) in [5.41, 5.74) is 0. The van der Waals surface area contributed by atoms with Gasteiger partial charge in [-0.15, -0.1) is 29.8 Å². The van der Waals surface area contributed by atoms with E-state index in [2.05, 4.69) is 6.58 Å². The molecule has 0 aromatic carbocycles. The third-order valence-corrected chi connectivity index (χ3v) is 1.68. The van der Waals surface area contributed by atoms with Gasteiger partial charge in [0.05, 0.1) is 6.10 Å². The van der Waals surface area contributed by atoms with Crippen molar-refractivity contribution >= 4 is 23.2 Å². The van der Waals surface area contributed by atoms with Crippen molar-refractivity contribution in [2.75, 3.05) is 0 Å². The fraction of sp³-hybridized carbons (Fsp3) is 0.667. The van der Waals surface area contributed by atoms with Gasteiger partial charge in [0.25, 0.3) is 0 Å². The van der Waals surface area contributed by atoms with Gasteiger partial charge in [-0.1, -0.05) is 13.0 Å². The lowest BCUT2D eigenvalue weighted by molar-refractivity contribution is 0.151. The third kappa shape index (κ3) is 3.09. The summed E-state index contributed by atoms with van der Waals surface area (Å²) in [6.07, 6.45) is 0.911. The first-order valence-electron chi connectivity index (χ1n) is 2.68. The first kappa shape index (κ1) is 9.28. The summed E-state index contributed by atoms with van der Waals surface area (Å²) in [6.45, 7) is 5.29. The van der Waals surface area contributed by atoms with Crippen LogP contribution in [0.5, 0.6) is 0 Å². The van der Waals surface area contributed by atoms with Crippen LogP contribution in [0.2, 0.25) is 0 Å². The van der Waals surface area contributed by atoms with Gasteiger partial charge in [0.15, 0.2) is 0 Å². The zero-order valence-electron chi connectivity index (χ0n) is 5.22. The summed E-state index contributed by atoms with van der Waals surface area (Å²) >= 11 is 10.7. The van der Waals surface area contributed by atoms with Gasteiger partial charge in [-0.3, -0.25) is 0 Å². The highest BCUT2D eigenvalue weighted by molar-refractivity contribution is 6.44. The highest BCUT2D eigenvalue weighted by atomic mass is 35.5. The molecule has 0 heterocycles. The average molecular weight is 169 g/mol. The van der Waals surface area contributed by atoms with E-state index in [1.54, 1.807) is 13.0 Å². The molecule has 9 heavy (non-hydrogen) atoms. The lowest BCUT2D eigenvalue weighted by Gasteiger charge is -2.14. The molecular formula is C6H10Cl2O. The Balaban J connectivity index is 3.71. The highest BCUT2D eigenvalue weighted by Gasteiger charge is 2.17. The first-order chi connectivity index (χ1) is 4.09. The fourth-order valence-corrected chi connectivity index (χ4v) is 0.828. The minimum absolute atomic E-state index is 0.0509. The number of alkyl halides is 2. The quantitative estimate of drug-likeness (QED) is 0.505. The molecule has 0 saturated heterocycles. The summed E-state index contributed by atoms with van der Waals surface area (Å²) in [7, 11) is 0. The molecule has 0 fully saturated rings. The minimum Gasteiger partial charge on any atom is -0.390 e. The number of halogens is 2. The molecule has 54 valence electrons. The summed E-state index contributed by atoms with van der Waals surface area (Å²) < 4.78 is 0. The van der Waals surface area contributed by atoms with E-state index in [-0.39, 0.29) is 5.92 Å². The van der Waals surface area contributed by atoms with E-state index in [0.717, 1.165) is 0 Å². The van der Waals surface area contributed by atoms with Gasteiger partial charge in [0, 0.05) is 5.92 Å². The minimum atomic E-state index is -0.724. The maximum absolute atomic E-state index is 9.06. The van der Waals surface area contributed by atoms with Crippen molar-refractivity contribution in [1.82, 2.24) is 0 Å². The van der Waals surface area contributed by atoms with Crippen molar-refractivity contribution in [3.8, 4) is 0 Å². The Kier molecular flexibility index (Phi) is 4.28. The topological polar surface area (TPSA) is 20.2 Å². The number of hydrogen-bond acceptors (Lipinski definition) is 1. The molecule has 3 heteroatoms. The van der Waals surface area contributed by atoms with E-state index in [4.69, 9.17) is 28.3 Å². The zero-order valence-corrected chi connectivity index (χ0v) is 6.73. The van der Waals surface area contributed by atoms with Crippen molar-refractivity contribution in [3.63, 3.8) is 0 Å². The summed E-state index contributed by atoms with van der Waals surface area (Å²) in [6, 6.07) is 0. The fourth-order valence-electron chi connectivity index (χ4n) is 0.369. The molecule has 1 N–H and O–H groups in total. The second-order valence-corrected chi connectivity index (χ2v) is 3.08.